The summed E-state index contributed by atoms with van der Waals surface area (Å²) < 4.78 is 14.5. The molecule has 1 heterocycles. The van der Waals surface area contributed by atoms with Gasteiger partial charge in [-0.2, -0.15) is 0 Å². The maximum absolute atomic E-state index is 13.7. The lowest BCUT2D eigenvalue weighted by molar-refractivity contribution is 0.600. The molecule has 1 N–H and O–H groups in total. The quantitative estimate of drug-likeness (QED) is 0.823. The third kappa shape index (κ3) is 3.54. The molecule has 0 saturated carbocycles. The van der Waals surface area contributed by atoms with Gasteiger partial charge in [0.05, 0.1) is 6.04 Å². The predicted octanol–water partition coefficient (Wildman–Crippen LogP) is 4.67. The van der Waals surface area contributed by atoms with Crippen LogP contribution >= 0.6 is 15.9 Å². The molecule has 0 aliphatic carbocycles. The summed E-state index contributed by atoms with van der Waals surface area (Å²) in [7, 11) is 0. The second kappa shape index (κ2) is 6.31. The Morgan fingerprint density at radius 1 is 1.15 bits per heavy atom. The summed E-state index contributed by atoms with van der Waals surface area (Å²) in [5, 5.41) is 3.21. The van der Waals surface area contributed by atoms with Crippen molar-refractivity contribution in [1.29, 1.82) is 0 Å². The third-order valence-electron chi connectivity index (χ3n) is 2.96. The van der Waals surface area contributed by atoms with Crippen LogP contribution in [0.15, 0.2) is 34.9 Å². The van der Waals surface area contributed by atoms with E-state index in [4.69, 9.17) is 0 Å². The molecule has 0 bridgehead atoms. The smallest absolute Gasteiger partial charge is 0.134 e. The van der Waals surface area contributed by atoms with E-state index in [9.17, 15) is 4.39 Å². The van der Waals surface area contributed by atoms with Crippen molar-refractivity contribution < 1.29 is 4.39 Å². The minimum Gasteiger partial charge on any atom is -0.363 e. The monoisotopic (exact) mass is 337 g/mol. The molecule has 0 saturated heterocycles. The third-order valence-corrected chi connectivity index (χ3v) is 3.37. The Bertz CT molecular complexity index is 601. The van der Waals surface area contributed by atoms with E-state index >= 15 is 0 Å². The summed E-state index contributed by atoms with van der Waals surface area (Å²) in [4.78, 5) is 8.78. The Kier molecular flexibility index (Phi) is 4.70. The fourth-order valence-corrected chi connectivity index (χ4v) is 2.29. The average molecular weight is 338 g/mol. The SMILES string of the molecule is CC(C)c1nc(Br)cc(NC(C)c2ccccc2F)n1. The summed E-state index contributed by atoms with van der Waals surface area (Å²) in [5.74, 6) is 1.45. The molecule has 0 aliphatic rings. The lowest BCUT2D eigenvalue weighted by Gasteiger charge is -2.16. The van der Waals surface area contributed by atoms with Gasteiger partial charge in [-0.15, -0.1) is 0 Å². The molecule has 0 spiro atoms. The molecule has 1 unspecified atom stereocenters. The lowest BCUT2D eigenvalue weighted by atomic mass is 10.1. The van der Waals surface area contributed by atoms with Gasteiger partial charge in [-0.05, 0) is 28.9 Å². The summed E-state index contributed by atoms with van der Waals surface area (Å²) in [6.45, 7) is 5.97. The first-order valence-electron chi connectivity index (χ1n) is 6.53. The van der Waals surface area contributed by atoms with Gasteiger partial charge >= 0.3 is 0 Å². The fourth-order valence-electron chi connectivity index (χ4n) is 1.89. The molecule has 0 amide bonds. The summed E-state index contributed by atoms with van der Waals surface area (Å²) in [5.41, 5.74) is 0.619. The second-order valence-electron chi connectivity index (χ2n) is 4.98. The molecule has 1 aromatic heterocycles. The van der Waals surface area contributed by atoms with Crippen LogP contribution < -0.4 is 5.32 Å². The average Bonchev–Trinajstić information content (AvgIpc) is 2.38. The molecule has 0 fully saturated rings. The van der Waals surface area contributed by atoms with Gasteiger partial charge in [0.2, 0.25) is 0 Å². The minimum atomic E-state index is -0.218. The highest BCUT2D eigenvalue weighted by Crippen LogP contribution is 2.23. The van der Waals surface area contributed by atoms with E-state index in [1.165, 1.54) is 6.07 Å². The molecule has 2 rings (SSSR count). The van der Waals surface area contributed by atoms with Gasteiger partial charge in [0.1, 0.15) is 22.1 Å². The van der Waals surface area contributed by atoms with Gasteiger partial charge < -0.3 is 5.32 Å². The first kappa shape index (κ1) is 14.9. The van der Waals surface area contributed by atoms with Gasteiger partial charge in [-0.25, -0.2) is 14.4 Å². The second-order valence-corrected chi connectivity index (χ2v) is 5.79. The number of halogens is 2. The highest BCUT2D eigenvalue weighted by molar-refractivity contribution is 9.10. The zero-order chi connectivity index (χ0) is 14.7. The van der Waals surface area contributed by atoms with Crippen molar-refractivity contribution in [3.8, 4) is 0 Å². The van der Waals surface area contributed by atoms with E-state index in [0.717, 1.165) is 10.4 Å². The van der Waals surface area contributed by atoms with Gasteiger partial charge in [-0.1, -0.05) is 32.0 Å². The maximum Gasteiger partial charge on any atom is 0.134 e. The maximum atomic E-state index is 13.7. The number of benzene rings is 1. The van der Waals surface area contributed by atoms with Crippen LogP contribution in [-0.4, -0.2) is 9.97 Å². The van der Waals surface area contributed by atoms with Crippen LogP contribution in [0.25, 0.3) is 0 Å². The Morgan fingerprint density at radius 3 is 2.50 bits per heavy atom. The number of hydrogen-bond donors (Lipinski definition) is 1. The van der Waals surface area contributed by atoms with E-state index in [2.05, 4.69) is 31.2 Å². The normalized spacial score (nSPS) is 12.5. The lowest BCUT2D eigenvalue weighted by Crippen LogP contribution is -2.11. The van der Waals surface area contributed by atoms with Crippen molar-refractivity contribution in [1.82, 2.24) is 9.97 Å². The standard InChI is InChI=1S/C15H17BrFN3/c1-9(2)15-19-13(16)8-14(20-15)18-10(3)11-6-4-5-7-12(11)17/h4-10H,1-3H3,(H,18,19,20). The van der Waals surface area contributed by atoms with Crippen LogP contribution in [0.3, 0.4) is 0 Å². The van der Waals surface area contributed by atoms with Crippen LogP contribution in [0.5, 0.6) is 0 Å². The van der Waals surface area contributed by atoms with E-state index in [-0.39, 0.29) is 17.8 Å². The highest BCUT2D eigenvalue weighted by Gasteiger charge is 2.12. The van der Waals surface area contributed by atoms with Gasteiger partial charge in [0.25, 0.3) is 0 Å². The van der Waals surface area contributed by atoms with Gasteiger partial charge in [0.15, 0.2) is 0 Å². The van der Waals surface area contributed by atoms with Crippen molar-refractivity contribution >= 4 is 21.7 Å². The summed E-state index contributed by atoms with van der Waals surface area (Å²) in [6.07, 6.45) is 0. The number of nitrogens with one attached hydrogen (secondary N) is 1. The zero-order valence-corrected chi connectivity index (χ0v) is 13.3. The van der Waals surface area contributed by atoms with Crippen LogP contribution in [0, 0.1) is 5.82 Å². The highest BCUT2D eigenvalue weighted by atomic mass is 79.9. The van der Waals surface area contributed by atoms with Crippen molar-refractivity contribution in [2.75, 3.05) is 5.32 Å². The van der Waals surface area contributed by atoms with Crippen molar-refractivity contribution in [3.05, 3.63) is 52.1 Å². The largest absolute Gasteiger partial charge is 0.363 e. The Labute approximate surface area is 126 Å². The predicted molar refractivity (Wildman–Crippen MR) is 82.3 cm³/mol. The summed E-state index contributed by atoms with van der Waals surface area (Å²) in [6, 6.07) is 8.37. The number of nitrogens with zero attached hydrogens (tertiary/aromatic N) is 2. The molecule has 0 aliphatic heterocycles. The Balaban J connectivity index is 2.24. The number of anilines is 1. The van der Waals surface area contributed by atoms with Crippen LogP contribution in [-0.2, 0) is 0 Å². The van der Waals surface area contributed by atoms with E-state index < -0.39 is 0 Å². The number of hydrogen-bond acceptors (Lipinski definition) is 3. The minimum absolute atomic E-state index is 0.169. The molecule has 20 heavy (non-hydrogen) atoms. The first-order chi connectivity index (χ1) is 9.47. The first-order valence-corrected chi connectivity index (χ1v) is 7.32. The molecular weight excluding hydrogens is 321 g/mol. The van der Waals surface area contributed by atoms with Crippen LogP contribution in [0.4, 0.5) is 10.2 Å². The number of aromatic nitrogens is 2. The van der Waals surface area contributed by atoms with Crippen molar-refractivity contribution in [2.45, 2.75) is 32.7 Å². The fraction of sp³-hybridized carbons (Fsp3) is 0.333. The molecule has 3 nitrogen and oxygen atoms in total. The van der Waals surface area contributed by atoms with E-state index in [1.54, 1.807) is 18.2 Å². The van der Waals surface area contributed by atoms with Crippen LogP contribution in [0.2, 0.25) is 0 Å². The molecule has 0 radical (unpaired) electrons. The van der Waals surface area contributed by atoms with Gasteiger partial charge in [-0.3, -0.25) is 0 Å². The van der Waals surface area contributed by atoms with Crippen LogP contribution in [0.1, 0.15) is 44.1 Å². The molecule has 1 atom stereocenters. The molecular formula is C15H17BrFN3. The molecule has 5 heteroatoms. The Hall–Kier alpha value is -1.49. The zero-order valence-electron chi connectivity index (χ0n) is 11.7. The Morgan fingerprint density at radius 2 is 1.85 bits per heavy atom. The molecule has 106 valence electrons. The van der Waals surface area contributed by atoms with Crippen molar-refractivity contribution in [2.24, 2.45) is 0 Å². The topological polar surface area (TPSA) is 37.8 Å². The van der Waals surface area contributed by atoms with E-state index in [1.807, 2.05) is 26.8 Å². The summed E-state index contributed by atoms with van der Waals surface area (Å²) >= 11 is 3.38. The van der Waals surface area contributed by atoms with Crippen molar-refractivity contribution in [3.63, 3.8) is 0 Å². The number of rotatable bonds is 4. The van der Waals surface area contributed by atoms with E-state index in [0.29, 0.717) is 11.4 Å². The molecule has 2 aromatic rings. The molecule has 1 aromatic carbocycles. The van der Waals surface area contributed by atoms with Gasteiger partial charge in [0, 0.05) is 17.5 Å².